The number of methoxy groups -OCH3 is 1. The first-order valence-corrected chi connectivity index (χ1v) is 4.77. The first-order chi connectivity index (χ1) is 6.26. The van der Waals surface area contributed by atoms with Gasteiger partial charge in [0.1, 0.15) is 0 Å². The van der Waals surface area contributed by atoms with Crippen LogP contribution in [0.15, 0.2) is 0 Å². The van der Waals surface area contributed by atoms with Crippen molar-refractivity contribution in [2.24, 2.45) is 0 Å². The minimum atomic E-state index is 0.0149. The van der Waals surface area contributed by atoms with Gasteiger partial charge in [0.05, 0.1) is 0 Å². The number of hydrogen-bond acceptors (Lipinski definition) is 2. The van der Waals surface area contributed by atoms with E-state index in [0.29, 0.717) is 13.2 Å². The van der Waals surface area contributed by atoms with Crippen LogP contribution in [0.25, 0.3) is 0 Å². The van der Waals surface area contributed by atoms with Crippen LogP contribution in [0.2, 0.25) is 0 Å². The van der Waals surface area contributed by atoms with Crippen LogP contribution in [-0.4, -0.2) is 44.3 Å². The van der Waals surface area contributed by atoms with Crippen LogP contribution in [0, 0.1) is 0 Å². The lowest BCUT2D eigenvalue weighted by Crippen LogP contribution is -2.40. The summed E-state index contributed by atoms with van der Waals surface area (Å²) in [6.45, 7) is 6.83. The minimum Gasteiger partial charge on any atom is -0.385 e. The Morgan fingerprint density at radius 3 is 2.46 bits per heavy atom. The molecule has 0 aromatic rings. The number of nitrogens with one attached hydrogen (secondary N) is 1. The Balaban J connectivity index is 3.48. The van der Waals surface area contributed by atoms with Crippen molar-refractivity contribution in [2.75, 3.05) is 33.4 Å². The van der Waals surface area contributed by atoms with E-state index in [2.05, 4.69) is 5.32 Å². The minimum absolute atomic E-state index is 0.0149. The Bertz CT molecular complexity index is 136. The van der Waals surface area contributed by atoms with E-state index in [1.165, 1.54) is 0 Å². The highest BCUT2D eigenvalue weighted by atomic mass is 16.5. The van der Waals surface area contributed by atoms with Crippen LogP contribution >= 0.6 is 0 Å². The molecule has 0 radical (unpaired) electrons. The van der Waals surface area contributed by atoms with Gasteiger partial charge in [-0.1, -0.05) is 0 Å². The lowest BCUT2D eigenvalue weighted by molar-refractivity contribution is 0.187. The molecule has 0 spiro atoms. The van der Waals surface area contributed by atoms with E-state index in [1.807, 2.05) is 13.8 Å². The molecule has 0 bridgehead atoms. The van der Waals surface area contributed by atoms with Crippen LogP contribution in [0.4, 0.5) is 4.79 Å². The summed E-state index contributed by atoms with van der Waals surface area (Å²) in [6, 6.07) is 0.0149. The molecule has 78 valence electrons. The Morgan fingerprint density at radius 2 is 2.00 bits per heavy atom. The normalized spacial score (nSPS) is 9.77. The second-order valence-electron chi connectivity index (χ2n) is 2.75. The Labute approximate surface area is 80.2 Å². The summed E-state index contributed by atoms with van der Waals surface area (Å²) in [5.74, 6) is 0. The molecule has 0 aromatic carbocycles. The van der Waals surface area contributed by atoms with Crippen molar-refractivity contribution in [3.8, 4) is 0 Å². The van der Waals surface area contributed by atoms with Crippen molar-refractivity contribution in [2.45, 2.75) is 20.3 Å². The lowest BCUT2D eigenvalue weighted by atomic mass is 10.4. The quantitative estimate of drug-likeness (QED) is 0.634. The maximum Gasteiger partial charge on any atom is 0.317 e. The van der Waals surface area contributed by atoms with E-state index >= 15 is 0 Å². The van der Waals surface area contributed by atoms with Crippen molar-refractivity contribution in [3.05, 3.63) is 0 Å². The standard InChI is InChI=1S/C9H20N2O2/c1-4-11(5-2)9(12)10-7-6-8-13-3/h4-8H2,1-3H3,(H,10,12). The van der Waals surface area contributed by atoms with Crippen molar-refractivity contribution in [1.82, 2.24) is 10.2 Å². The van der Waals surface area contributed by atoms with Crippen molar-refractivity contribution >= 4 is 6.03 Å². The molecule has 1 N–H and O–H groups in total. The molecule has 0 saturated heterocycles. The molecule has 2 amide bonds. The van der Waals surface area contributed by atoms with Gasteiger partial charge in [-0.2, -0.15) is 0 Å². The first-order valence-electron chi connectivity index (χ1n) is 4.77. The third-order valence-electron chi connectivity index (χ3n) is 1.85. The van der Waals surface area contributed by atoms with E-state index in [1.54, 1.807) is 12.0 Å². The summed E-state index contributed by atoms with van der Waals surface area (Å²) >= 11 is 0. The molecule has 0 fully saturated rings. The molecule has 0 unspecified atom stereocenters. The van der Waals surface area contributed by atoms with Gasteiger partial charge in [-0.15, -0.1) is 0 Å². The van der Waals surface area contributed by atoms with E-state index in [0.717, 1.165) is 19.5 Å². The topological polar surface area (TPSA) is 41.6 Å². The van der Waals surface area contributed by atoms with Crippen molar-refractivity contribution in [1.29, 1.82) is 0 Å². The summed E-state index contributed by atoms with van der Waals surface area (Å²) in [4.78, 5) is 13.1. The van der Waals surface area contributed by atoms with Gasteiger partial charge in [0.2, 0.25) is 0 Å². The lowest BCUT2D eigenvalue weighted by Gasteiger charge is -2.18. The number of nitrogens with zero attached hydrogens (tertiary/aromatic N) is 1. The second kappa shape index (κ2) is 7.86. The van der Waals surface area contributed by atoms with Crippen LogP contribution in [-0.2, 0) is 4.74 Å². The maximum absolute atomic E-state index is 11.3. The Hall–Kier alpha value is -0.770. The molecule has 0 heterocycles. The highest BCUT2D eigenvalue weighted by molar-refractivity contribution is 5.73. The summed E-state index contributed by atoms with van der Waals surface area (Å²) in [5, 5.41) is 2.83. The van der Waals surface area contributed by atoms with Gasteiger partial charge in [-0.3, -0.25) is 0 Å². The SMILES string of the molecule is CCN(CC)C(=O)NCCCOC. The molecule has 0 rings (SSSR count). The predicted molar refractivity (Wildman–Crippen MR) is 52.8 cm³/mol. The maximum atomic E-state index is 11.3. The highest BCUT2D eigenvalue weighted by Crippen LogP contribution is 1.88. The fourth-order valence-electron chi connectivity index (χ4n) is 1.03. The van der Waals surface area contributed by atoms with Gasteiger partial charge in [-0.05, 0) is 20.3 Å². The third kappa shape index (κ3) is 5.47. The number of amides is 2. The highest BCUT2D eigenvalue weighted by Gasteiger charge is 2.06. The average molecular weight is 188 g/mol. The fraction of sp³-hybridized carbons (Fsp3) is 0.889. The van der Waals surface area contributed by atoms with Crippen LogP contribution in [0.5, 0.6) is 0 Å². The molecule has 0 aromatic heterocycles. The van der Waals surface area contributed by atoms with Crippen LogP contribution in [0.1, 0.15) is 20.3 Å². The molecular formula is C9H20N2O2. The largest absolute Gasteiger partial charge is 0.385 e. The first kappa shape index (κ1) is 12.2. The monoisotopic (exact) mass is 188 g/mol. The number of carbonyl (C=O) groups excluding carboxylic acids is 1. The van der Waals surface area contributed by atoms with Gasteiger partial charge in [0.15, 0.2) is 0 Å². The zero-order chi connectivity index (χ0) is 10.1. The third-order valence-corrected chi connectivity index (χ3v) is 1.85. The van der Waals surface area contributed by atoms with Crippen LogP contribution in [0.3, 0.4) is 0 Å². The molecule has 4 heteroatoms. The number of urea groups is 1. The van der Waals surface area contributed by atoms with E-state index in [4.69, 9.17) is 4.74 Å². The van der Waals surface area contributed by atoms with Gasteiger partial charge >= 0.3 is 6.03 Å². The molecular weight excluding hydrogens is 168 g/mol. The average Bonchev–Trinajstić information content (AvgIpc) is 2.14. The van der Waals surface area contributed by atoms with Gasteiger partial charge in [-0.25, -0.2) is 4.79 Å². The zero-order valence-corrected chi connectivity index (χ0v) is 8.80. The second-order valence-corrected chi connectivity index (χ2v) is 2.75. The Morgan fingerprint density at radius 1 is 1.38 bits per heavy atom. The number of ether oxygens (including phenoxy) is 1. The molecule has 0 aliphatic carbocycles. The van der Waals surface area contributed by atoms with Gasteiger partial charge < -0.3 is 15.0 Å². The summed E-state index contributed by atoms with van der Waals surface area (Å²) in [5.41, 5.74) is 0. The van der Waals surface area contributed by atoms with E-state index in [-0.39, 0.29) is 6.03 Å². The number of rotatable bonds is 6. The van der Waals surface area contributed by atoms with Gasteiger partial charge in [0.25, 0.3) is 0 Å². The summed E-state index contributed by atoms with van der Waals surface area (Å²) < 4.78 is 4.87. The smallest absolute Gasteiger partial charge is 0.317 e. The molecule has 0 aliphatic rings. The molecule has 0 saturated carbocycles. The van der Waals surface area contributed by atoms with Crippen LogP contribution < -0.4 is 5.32 Å². The number of carbonyl (C=O) groups is 1. The van der Waals surface area contributed by atoms with E-state index in [9.17, 15) is 4.79 Å². The van der Waals surface area contributed by atoms with E-state index < -0.39 is 0 Å². The molecule has 0 aliphatic heterocycles. The van der Waals surface area contributed by atoms with Gasteiger partial charge in [0, 0.05) is 33.4 Å². The summed E-state index contributed by atoms with van der Waals surface area (Å²) in [7, 11) is 1.66. The zero-order valence-electron chi connectivity index (χ0n) is 8.80. The Kier molecular flexibility index (Phi) is 7.39. The fourth-order valence-corrected chi connectivity index (χ4v) is 1.03. The molecule has 4 nitrogen and oxygen atoms in total. The molecule has 0 atom stereocenters. The van der Waals surface area contributed by atoms with Crippen molar-refractivity contribution < 1.29 is 9.53 Å². The molecule has 13 heavy (non-hydrogen) atoms. The summed E-state index contributed by atoms with van der Waals surface area (Å²) in [6.07, 6.45) is 0.865. The number of hydrogen-bond donors (Lipinski definition) is 1. The van der Waals surface area contributed by atoms with Crippen molar-refractivity contribution in [3.63, 3.8) is 0 Å². The predicted octanol–water partition coefficient (Wildman–Crippen LogP) is 1.07.